The molecule has 0 spiro atoms. The van der Waals surface area contributed by atoms with E-state index in [1.165, 1.54) is 25.0 Å². The standard InChI is InChI=1S/C13H18O3.C6H13O3P/c1-12(2,3)13(4,11(15)16)9-5-7-10(14)8-6-9;7-10-8-5-3-1-2-4-6-9-10/h5-8,14H,1-4H3,(H,15,16);7H,1-6H2. The third-order valence-electron chi connectivity index (χ3n) is 4.81. The normalized spacial score (nSPS) is 19.1. The lowest BCUT2D eigenvalue weighted by molar-refractivity contribution is -0.147. The minimum Gasteiger partial charge on any atom is -0.508 e. The number of aromatic hydroxyl groups is 1. The molecule has 1 aromatic carbocycles. The molecule has 0 radical (unpaired) electrons. The van der Waals surface area contributed by atoms with Crippen LogP contribution < -0.4 is 0 Å². The van der Waals surface area contributed by atoms with Gasteiger partial charge < -0.3 is 24.2 Å². The van der Waals surface area contributed by atoms with Gasteiger partial charge in [0.1, 0.15) is 5.75 Å². The van der Waals surface area contributed by atoms with Crippen molar-refractivity contribution in [3.05, 3.63) is 29.8 Å². The number of hydrogen-bond acceptors (Lipinski definition) is 5. The van der Waals surface area contributed by atoms with Gasteiger partial charge in [0.15, 0.2) is 0 Å². The van der Waals surface area contributed by atoms with E-state index in [9.17, 15) is 15.0 Å². The zero-order valence-electron chi connectivity index (χ0n) is 16.1. The van der Waals surface area contributed by atoms with E-state index in [0.717, 1.165) is 12.8 Å². The maximum absolute atomic E-state index is 11.5. The molecule has 0 saturated carbocycles. The number of phenols is 1. The molecule has 0 bridgehead atoms. The van der Waals surface area contributed by atoms with E-state index >= 15 is 0 Å². The highest BCUT2D eigenvalue weighted by Crippen LogP contribution is 2.41. The maximum Gasteiger partial charge on any atom is 0.329 e. The van der Waals surface area contributed by atoms with Gasteiger partial charge in [-0.2, -0.15) is 0 Å². The Morgan fingerprint density at radius 2 is 1.42 bits per heavy atom. The molecule has 1 unspecified atom stereocenters. The van der Waals surface area contributed by atoms with Crippen molar-refractivity contribution in [3.8, 4) is 5.75 Å². The number of carbonyl (C=O) groups is 1. The molecular weight excluding hydrogens is 355 g/mol. The van der Waals surface area contributed by atoms with Crippen LogP contribution in [0.5, 0.6) is 5.75 Å². The van der Waals surface area contributed by atoms with E-state index in [2.05, 4.69) is 0 Å². The van der Waals surface area contributed by atoms with Gasteiger partial charge in [-0.1, -0.05) is 45.7 Å². The highest BCUT2D eigenvalue weighted by atomic mass is 31.2. The van der Waals surface area contributed by atoms with E-state index in [1.807, 2.05) is 20.8 Å². The lowest BCUT2D eigenvalue weighted by atomic mass is 9.64. The highest BCUT2D eigenvalue weighted by Gasteiger charge is 2.45. The number of rotatable bonds is 2. The van der Waals surface area contributed by atoms with Crippen LogP contribution in [0.15, 0.2) is 24.3 Å². The Morgan fingerprint density at radius 3 is 1.81 bits per heavy atom. The fourth-order valence-corrected chi connectivity index (χ4v) is 3.20. The molecule has 1 aliphatic rings. The molecule has 1 atom stereocenters. The first-order valence-corrected chi connectivity index (χ1v) is 10.00. The van der Waals surface area contributed by atoms with Crippen molar-refractivity contribution in [2.24, 2.45) is 5.41 Å². The molecule has 7 heteroatoms. The number of carboxylic acids is 1. The second-order valence-corrected chi connectivity index (χ2v) is 8.54. The summed E-state index contributed by atoms with van der Waals surface area (Å²) in [4.78, 5) is 20.5. The molecule has 3 N–H and O–H groups in total. The van der Waals surface area contributed by atoms with Crippen molar-refractivity contribution in [1.82, 2.24) is 0 Å². The zero-order valence-corrected chi connectivity index (χ0v) is 17.0. The number of phenolic OH excluding ortho intramolecular Hbond substituents is 1. The topological polar surface area (TPSA) is 96.2 Å². The molecule has 6 nitrogen and oxygen atoms in total. The molecular formula is C19H31O6P. The average Bonchev–Trinajstić information content (AvgIpc) is 2.68. The molecule has 0 aliphatic carbocycles. The summed E-state index contributed by atoms with van der Waals surface area (Å²) in [7, 11) is -1.55. The summed E-state index contributed by atoms with van der Waals surface area (Å²) in [5.41, 5.74) is -0.679. The van der Waals surface area contributed by atoms with E-state index in [-0.39, 0.29) is 5.75 Å². The summed E-state index contributed by atoms with van der Waals surface area (Å²) >= 11 is 0. The monoisotopic (exact) mass is 386 g/mol. The zero-order chi connectivity index (χ0) is 19.8. The minimum absolute atomic E-state index is 0.144. The molecule has 1 aliphatic heterocycles. The smallest absolute Gasteiger partial charge is 0.329 e. The fourth-order valence-electron chi connectivity index (χ4n) is 2.55. The van der Waals surface area contributed by atoms with E-state index in [4.69, 9.17) is 13.9 Å². The van der Waals surface area contributed by atoms with Crippen molar-refractivity contribution in [3.63, 3.8) is 0 Å². The Labute approximate surface area is 157 Å². The van der Waals surface area contributed by atoms with Gasteiger partial charge in [0, 0.05) is 0 Å². The van der Waals surface area contributed by atoms with Crippen molar-refractivity contribution in [1.29, 1.82) is 0 Å². The Balaban J connectivity index is 0.000000289. The van der Waals surface area contributed by atoms with Gasteiger partial charge in [-0.05, 0) is 42.9 Å². The van der Waals surface area contributed by atoms with Crippen molar-refractivity contribution >= 4 is 14.6 Å². The van der Waals surface area contributed by atoms with Gasteiger partial charge in [0.25, 0.3) is 0 Å². The summed E-state index contributed by atoms with van der Waals surface area (Å²) in [6, 6.07) is 6.36. The summed E-state index contributed by atoms with van der Waals surface area (Å²) in [5.74, 6) is -0.712. The third-order valence-corrected chi connectivity index (χ3v) is 5.62. The summed E-state index contributed by atoms with van der Waals surface area (Å²) < 4.78 is 9.92. The molecule has 0 aromatic heterocycles. The Hall–Kier alpha value is -1.20. The van der Waals surface area contributed by atoms with E-state index in [1.54, 1.807) is 19.1 Å². The molecule has 148 valence electrons. The van der Waals surface area contributed by atoms with Gasteiger partial charge in [-0.15, -0.1) is 0 Å². The van der Waals surface area contributed by atoms with Gasteiger partial charge in [0.2, 0.25) is 0 Å². The average molecular weight is 386 g/mol. The molecule has 1 aromatic rings. The van der Waals surface area contributed by atoms with Crippen LogP contribution in [-0.4, -0.2) is 34.3 Å². The number of aliphatic carboxylic acids is 1. The van der Waals surface area contributed by atoms with Crippen LogP contribution in [0.2, 0.25) is 0 Å². The van der Waals surface area contributed by atoms with Crippen LogP contribution in [0, 0.1) is 5.41 Å². The molecule has 1 fully saturated rings. The lowest BCUT2D eigenvalue weighted by Gasteiger charge is -2.38. The summed E-state index contributed by atoms with van der Waals surface area (Å²) in [6.07, 6.45) is 4.46. The van der Waals surface area contributed by atoms with Crippen LogP contribution >= 0.6 is 8.60 Å². The fraction of sp³-hybridized carbons (Fsp3) is 0.632. The quantitative estimate of drug-likeness (QED) is 0.643. The van der Waals surface area contributed by atoms with E-state index < -0.39 is 25.4 Å². The minimum atomic E-state index is -1.55. The number of benzene rings is 1. The van der Waals surface area contributed by atoms with E-state index in [0.29, 0.717) is 18.8 Å². The molecule has 26 heavy (non-hydrogen) atoms. The first-order valence-electron chi connectivity index (χ1n) is 8.87. The first-order chi connectivity index (χ1) is 12.1. The van der Waals surface area contributed by atoms with Crippen LogP contribution in [0.3, 0.4) is 0 Å². The SMILES string of the molecule is CC(C)(C)C(C)(C(=O)O)c1ccc(O)cc1.OP1OCCCCCCO1. The van der Waals surface area contributed by atoms with Crippen molar-refractivity contribution in [2.45, 2.75) is 58.8 Å². The van der Waals surface area contributed by atoms with Crippen LogP contribution in [0.4, 0.5) is 0 Å². The van der Waals surface area contributed by atoms with Crippen LogP contribution in [-0.2, 0) is 19.3 Å². The summed E-state index contributed by atoms with van der Waals surface area (Å²) in [6.45, 7) is 8.68. The van der Waals surface area contributed by atoms with Gasteiger partial charge in [-0.25, -0.2) is 0 Å². The Bertz CT molecular complexity index is 544. The van der Waals surface area contributed by atoms with Gasteiger partial charge in [0.05, 0.1) is 18.6 Å². The predicted molar refractivity (Wildman–Crippen MR) is 102 cm³/mol. The lowest BCUT2D eigenvalue weighted by Crippen LogP contribution is -2.44. The first kappa shape index (κ1) is 22.8. The highest BCUT2D eigenvalue weighted by molar-refractivity contribution is 7.40. The van der Waals surface area contributed by atoms with Crippen LogP contribution in [0.1, 0.15) is 58.9 Å². The molecule has 0 amide bonds. The van der Waals surface area contributed by atoms with Crippen molar-refractivity contribution in [2.75, 3.05) is 13.2 Å². The Kier molecular flexibility index (Phi) is 8.97. The van der Waals surface area contributed by atoms with Gasteiger partial charge >= 0.3 is 14.6 Å². The third kappa shape index (κ3) is 6.51. The second-order valence-electron chi connectivity index (χ2n) is 7.55. The molecule has 2 rings (SSSR count). The summed E-state index contributed by atoms with van der Waals surface area (Å²) in [5, 5.41) is 18.6. The Morgan fingerprint density at radius 1 is 0.962 bits per heavy atom. The number of carboxylic acid groups (broad SMARTS) is 1. The van der Waals surface area contributed by atoms with Crippen molar-refractivity contribution < 1.29 is 28.9 Å². The molecule has 1 heterocycles. The predicted octanol–water partition coefficient (Wildman–Crippen LogP) is 4.59. The largest absolute Gasteiger partial charge is 0.508 e. The molecule has 1 saturated heterocycles. The van der Waals surface area contributed by atoms with Gasteiger partial charge in [-0.3, -0.25) is 4.79 Å². The van der Waals surface area contributed by atoms with Crippen LogP contribution in [0.25, 0.3) is 0 Å². The second kappa shape index (κ2) is 10.2. The maximum atomic E-state index is 11.5. The number of hydrogen-bond donors (Lipinski definition) is 3.